The Morgan fingerprint density at radius 3 is 2.53 bits per heavy atom. The average molecular weight is 483 g/mol. The van der Waals surface area contributed by atoms with Crippen molar-refractivity contribution in [2.45, 2.75) is 38.4 Å². The number of nitrogens with zero attached hydrogens (tertiary/aromatic N) is 3. The van der Waals surface area contributed by atoms with Gasteiger partial charge in [-0.1, -0.05) is 54.6 Å². The van der Waals surface area contributed by atoms with Gasteiger partial charge in [0.05, 0.1) is 12.3 Å². The highest BCUT2D eigenvalue weighted by Crippen LogP contribution is 2.29. The summed E-state index contributed by atoms with van der Waals surface area (Å²) in [6.07, 6.45) is 5.38. The Labute approximate surface area is 215 Å². The Balaban J connectivity index is 1.29. The molecule has 2 aromatic heterocycles. The molecule has 5 rings (SSSR count). The maximum absolute atomic E-state index is 5.53. The van der Waals surface area contributed by atoms with E-state index in [1.807, 2.05) is 12.3 Å². The van der Waals surface area contributed by atoms with E-state index >= 15 is 0 Å². The number of H-pyrrole nitrogens is 1. The molecule has 5 nitrogen and oxygen atoms in total. The predicted molar refractivity (Wildman–Crippen MR) is 147 cm³/mol. The van der Waals surface area contributed by atoms with Crippen LogP contribution in [-0.4, -0.2) is 59.2 Å². The molecule has 0 spiro atoms. The number of piperidine rings is 1. The number of methoxy groups -OCH3 is 1. The minimum absolute atomic E-state index is 0.458. The minimum atomic E-state index is 0.458. The number of ether oxygens (including phenoxy) is 1. The molecular weight excluding hydrogens is 444 g/mol. The second-order valence-electron chi connectivity index (χ2n) is 10.0. The summed E-state index contributed by atoms with van der Waals surface area (Å²) < 4.78 is 5.53. The third kappa shape index (κ3) is 6.41. The van der Waals surface area contributed by atoms with E-state index < -0.39 is 0 Å². The molecule has 36 heavy (non-hydrogen) atoms. The molecular formula is C31H38N4O. The van der Waals surface area contributed by atoms with E-state index in [1.165, 1.54) is 35.0 Å². The van der Waals surface area contributed by atoms with Crippen molar-refractivity contribution in [3.63, 3.8) is 0 Å². The van der Waals surface area contributed by atoms with Gasteiger partial charge in [-0.2, -0.15) is 0 Å². The van der Waals surface area contributed by atoms with E-state index in [2.05, 4.69) is 92.6 Å². The van der Waals surface area contributed by atoms with Crippen LogP contribution in [0.4, 0.5) is 0 Å². The predicted octanol–water partition coefficient (Wildman–Crippen LogP) is 5.53. The number of aromatic amines is 1. The first-order valence-corrected chi connectivity index (χ1v) is 13.2. The molecule has 1 N–H and O–H groups in total. The molecule has 1 fully saturated rings. The number of hydrogen-bond donors (Lipinski definition) is 1. The van der Waals surface area contributed by atoms with Gasteiger partial charge in [0, 0.05) is 50.2 Å². The summed E-state index contributed by atoms with van der Waals surface area (Å²) >= 11 is 0. The molecule has 0 bridgehead atoms. The first-order chi connectivity index (χ1) is 17.8. The van der Waals surface area contributed by atoms with Crippen molar-refractivity contribution < 1.29 is 4.74 Å². The number of fused-ring (bicyclic) bond motifs is 1. The fourth-order valence-electron chi connectivity index (χ4n) is 5.68. The number of likely N-dealkylation sites (tertiary alicyclic amines) is 1. The summed E-state index contributed by atoms with van der Waals surface area (Å²) in [6, 6.07) is 28.5. The van der Waals surface area contributed by atoms with Gasteiger partial charge in [-0.3, -0.25) is 14.8 Å². The van der Waals surface area contributed by atoms with E-state index in [0.717, 1.165) is 51.4 Å². The lowest BCUT2D eigenvalue weighted by Crippen LogP contribution is -2.47. The lowest BCUT2D eigenvalue weighted by Gasteiger charge is -2.41. The summed E-state index contributed by atoms with van der Waals surface area (Å²) in [5.41, 5.74) is 5.08. The Morgan fingerprint density at radius 1 is 1.00 bits per heavy atom. The van der Waals surface area contributed by atoms with E-state index in [4.69, 9.17) is 4.74 Å². The van der Waals surface area contributed by atoms with Gasteiger partial charge in [-0.15, -0.1) is 0 Å². The van der Waals surface area contributed by atoms with E-state index in [9.17, 15) is 0 Å². The van der Waals surface area contributed by atoms with Crippen LogP contribution in [0.25, 0.3) is 10.9 Å². The normalized spacial score (nSPS) is 16.1. The van der Waals surface area contributed by atoms with Crippen molar-refractivity contribution in [3.05, 3.63) is 102 Å². The average Bonchev–Trinajstić information content (AvgIpc) is 3.34. The molecule has 0 saturated carbocycles. The molecule has 5 heteroatoms. The van der Waals surface area contributed by atoms with Crippen LogP contribution >= 0.6 is 0 Å². The molecule has 0 aliphatic carbocycles. The second-order valence-corrected chi connectivity index (χ2v) is 10.0. The fraction of sp³-hybridized carbons (Fsp3) is 0.387. The van der Waals surface area contributed by atoms with Crippen molar-refractivity contribution in [2.75, 3.05) is 33.4 Å². The van der Waals surface area contributed by atoms with Crippen LogP contribution in [-0.2, 0) is 24.2 Å². The maximum atomic E-state index is 5.53. The Kier molecular flexibility index (Phi) is 8.44. The van der Waals surface area contributed by atoms with E-state index in [0.29, 0.717) is 12.0 Å². The zero-order chi connectivity index (χ0) is 24.6. The molecule has 0 unspecified atom stereocenters. The van der Waals surface area contributed by atoms with Crippen molar-refractivity contribution in [1.29, 1.82) is 0 Å². The molecule has 0 amide bonds. The first-order valence-electron chi connectivity index (χ1n) is 13.2. The molecule has 1 atom stereocenters. The smallest absolute Gasteiger partial charge is 0.0589 e. The number of nitrogens with one attached hydrogen (secondary N) is 1. The van der Waals surface area contributed by atoms with Gasteiger partial charge >= 0.3 is 0 Å². The standard InChI is InChI=1S/C31H38N4O/c1-36-20-19-35(24-28-12-7-8-16-32-28)31(21-25-9-3-2-4-10-25)26-14-17-34(18-15-26)23-29-22-27-11-5-6-13-30(27)33-29/h2-13,16,22,26,31,33H,14-15,17-21,23-24H2,1H3/t31-/m0/s1. The quantitative estimate of drug-likeness (QED) is 0.305. The largest absolute Gasteiger partial charge is 0.383 e. The van der Waals surface area contributed by atoms with Crippen molar-refractivity contribution in [2.24, 2.45) is 5.92 Å². The third-order valence-electron chi connectivity index (χ3n) is 7.59. The van der Waals surface area contributed by atoms with Gasteiger partial charge in [0.2, 0.25) is 0 Å². The van der Waals surface area contributed by atoms with Crippen molar-refractivity contribution in [3.8, 4) is 0 Å². The maximum Gasteiger partial charge on any atom is 0.0589 e. The van der Waals surface area contributed by atoms with Crippen LogP contribution in [0.2, 0.25) is 0 Å². The van der Waals surface area contributed by atoms with Crippen LogP contribution in [0.15, 0.2) is 85.1 Å². The highest BCUT2D eigenvalue weighted by molar-refractivity contribution is 5.80. The molecule has 4 aromatic rings. The number of pyridine rings is 1. The van der Waals surface area contributed by atoms with Gasteiger partial charge < -0.3 is 9.72 Å². The summed E-state index contributed by atoms with van der Waals surface area (Å²) in [6.45, 7) is 5.76. The van der Waals surface area contributed by atoms with E-state index in [-0.39, 0.29) is 0 Å². The van der Waals surface area contributed by atoms with Crippen LogP contribution in [0.1, 0.15) is 29.8 Å². The molecule has 0 radical (unpaired) electrons. The summed E-state index contributed by atoms with van der Waals surface area (Å²) in [5.74, 6) is 0.643. The molecule has 2 aromatic carbocycles. The number of aromatic nitrogens is 2. The molecule has 3 heterocycles. The summed E-state index contributed by atoms with van der Waals surface area (Å²) in [5, 5.41) is 1.30. The Morgan fingerprint density at radius 2 is 1.78 bits per heavy atom. The molecule has 1 aliphatic rings. The van der Waals surface area contributed by atoms with E-state index in [1.54, 1.807) is 7.11 Å². The van der Waals surface area contributed by atoms with Crippen molar-refractivity contribution in [1.82, 2.24) is 19.8 Å². The summed E-state index contributed by atoms with van der Waals surface area (Å²) in [7, 11) is 1.80. The third-order valence-corrected chi connectivity index (χ3v) is 7.59. The van der Waals surface area contributed by atoms with Crippen LogP contribution in [0.3, 0.4) is 0 Å². The SMILES string of the molecule is COCCN(Cc1ccccn1)[C@@H](Cc1ccccc1)C1CCN(Cc2cc3ccccc3[nH]2)CC1. The summed E-state index contributed by atoms with van der Waals surface area (Å²) in [4.78, 5) is 13.5. The lowest BCUT2D eigenvalue weighted by molar-refractivity contribution is 0.0562. The zero-order valence-corrected chi connectivity index (χ0v) is 21.4. The number of para-hydroxylation sites is 1. The number of rotatable bonds is 11. The lowest BCUT2D eigenvalue weighted by atomic mass is 9.84. The van der Waals surface area contributed by atoms with Crippen LogP contribution in [0, 0.1) is 5.92 Å². The van der Waals surface area contributed by atoms with Gasteiger partial charge in [-0.25, -0.2) is 0 Å². The van der Waals surface area contributed by atoms with Gasteiger partial charge in [-0.05, 0) is 73.5 Å². The molecule has 188 valence electrons. The van der Waals surface area contributed by atoms with Gasteiger partial charge in [0.1, 0.15) is 0 Å². The van der Waals surface area contributed by atoms with Crippen molar-refractivity contribution >= 4 is 10.9 Å². The monoisotopic (exact) mass is 482 g/mol. The zero-order valence-electron chi connectivity index (χ0n) is 21.4. The highest BCUT2D eigenvalue weighted by Gasteiger charge is 2.31. The molecule has 1 saturated heterocycles. The topological polar surface area (TPSA) is 44.4 Å². The van der Waals surface area contributed by atoms with Gasteiger partial charge in [0.15, 0.2) is 0 Å². The number of hydrogen-bond acceptors (Lipinski definition) is 4. The minimum Gasteiger partial charge on any atom is -0.383 e. The van der Waals surface area contributed by atoms with Crippen LogP contribution in [0.5, 0.6) is 0 Å². The van der Waals surface area contributed by atoms with Gasteiger partial charge in [0.25, 0.3) is 0 Å². The second kappa shape index (κ2) is 12.3. The van der Waals surface area contributed by atoms with Crippen LogP contribution < -0.4 is 0 Å². The fourth-order valence-corrected chi connectivity index (χ4v) is 5.68. The first kappa shape index (κ1) is 24.7. The Hall–Kier alpha value is -2.99. The molecule has 1 aliphatic heterocycles. The highest BCUT2D eigenvalue weighted by atomic mass is 16.5. The number of benzene rings is 2. The Bertz CT molecular complexity index is 1150.